The van der Waals surface area contributed by atoms with Crippen LogP contribution in [0, 0.1) is 0 Å². The molecule has 0 spiro atoms. The van der Waals surface area contributed by atoms with Crippen molar-refractivity contribution < 1.29 is 13.2 Å². The maximum atomic E-state index is 12.6. The molecule has 2 atom stereocenters. The molecule has 6 heteroatoms. The molecule has 2 rings (SSSR count). The van der Waals surface area contributed by atoms with Crippen LogP contribution in [0.4, 0.5) is 0 Å². The lowest BCUT2D eigenvalue weighted by molar-refractivity contribution is -0.134. The number of hydrogen-bond donors (Lipinski definition) is 1. The van der Waals surface area contributed by atoms with Crippen molar-refractivity contribution in [1.82, 2.24) is 4.90 Å². The first-order chi connectivity index (χ1) is 9.06. The van der Waals surface area contributed by atoms with Crippen LogP contribution in [0.2, 0.25) is 0 Å². The third-order valence-electron chi connectivity index (χ3n) is 4.26. The molecule has 2 fully saturated rings. The van der Waals surface area contributed by atoms with Crippen LogP contribution in [0.15, 0.2) is 0 Å². The summed E-state index contributed by atoms with van der Waals surface area (Å²) in [6, 6.07) is 0.142. The predicted molar refractivity (Wildman–Crippen MR) is 74.4 cm³/mol. The molecule has 2 heterocycles. The molecular formula is C13H24N2O3S. The van der Waals surface area contributed by atoms with Gasteiger partial charge in [-0.3, -0.25) is 4.79 Å². The Kier molecular flexibility index (Phi) is 4.84. The summed E-state index contributed by atoms with van der Waals surface area (Å²) in [5.74, 6) is -0.00318. The summed E-state index contributed by atoms with van der Waals surface area (Å²) in [5.41, 5.74) is 5.60. The molecule has 0 aromatic rings. The summed E-state index contributed by atoms with van der Waals surface area (Å²) < 4.78 is 24.1. The van der Waals surface area contributed by atoms with Crippen molar-refractivity contribution in [3.8, 4) is 0 Å². The van der Waals surface area contributed by atoms with Gasteiger partial charge in [-0.25, -0.2) is 8.42 Å². The van der Waals surface area contributed by atoms with Gasteiger partial charge in [0.1, 0.15) is 5.25 Å². The largest absolute Gasteiger partial charge is 0.339 e. The molecule has 0 aromatic heterocycles. The first kappa shape index (κ1) is 14.8. The van der Waals surface area contributed by atoms with Crippen LogP contribution in [0.3, 0.4) is 0 Å². The summed E-state index contributed by atoms with van der Waals surface area (Å²) in [6.07, 6.45) is 5.83. The topological polar surface area (TPSA) is 80.5 Å². The Labute approximate surface area is 115 Å². The van der Waals surface area contributed by atoms with Crippen molar-refractivity contribution in [3.63, 3.8) is 0 Å². The Morgan fingerprint density at radius 3 is 2.58 bits per heavy atom. The van der Waals surface area contributed by atoms with Gasteiger partial charge in [0.2, 0.25) is 5.91 Å². The summed E-state index contributed by atoms with van der Waals surface area (Å²) in [4.78, 5) is 14.4. The summed E-state index contributed by atoms with van der Waals surface area (Å²) >= 11 is 0. The second-order valence-electron chi connectivity index (χ2n) is 5.61. The van der Waals surface area contributed by atoms with E-state index in [0.717, 1.165) is 32.1 Å². The van der Waals surface area contributed by atoms with Crippen LogP contribution in [-0.4, -0.2) is 49.4 Å². The van der Waals surface area contributed by atoms with Crippen LogP contribution in [0.25, 0.3) is 0 Å². The monoisotopic (exact) mass is 288 g/mol. The Morgan fingerprint density at radius 2 is 1.89 bits per heavy atom. The highest BCUT2D eigenvalue weighted by Gasteiger charge is 2.39. The maximum Gasteiger partial charge on any atom is 0.241 e. The molecular weight excluding hydrogens is 264 g/mol. The summed E-state index contributed by atoms with van der Waals surface area (Å²) in [7, 11) is -3.23. The van der Waals surface area contributed by atoms with E-state index in [9.17, 15) is 13.2 Å². The van der Waals surface area contributed by atoms with Gasteiger partial charge in [0, 0.05) is 12.6 Å². The first-order valence-corrected chi connectivity index (χ1v) is 9.00. The zero-order chi connectivity index (χ0) is 13.9. The molecule has 0 saturated carbocycles. The van der Waals surface area contributed by atoms with Crippen LogP contribution < -0.4 is 5.73 Å². The number of amides is 1. The van der Waals surface area contributed by atoms with E-state index in [-0.39, 0.29) is 17.7 Å². The van der Waals surface area contributed by atoms with E-state index in [4.69, 9.17) is 5.73 Å². The minimum Gasteiger partial charge on any atom is -0.339 e. The van der Waals surface area contributed by atoms with E-state index in [1.54, 1.807) is 4.90 Å². The second kappa shape index (κ2) is 6.22. The van der Waals surface area contributed by atoms with Crippen molar-refractivity contribution in [3.05, 3.63) is 0 Å². The molecule has 5 nitrogen and oxygen atoms in total. The maximum absolute atomic E-state index is 12.6. The third-order valence-corrected chi connectivity index (χ3v) is 6.43. The van der Waals surface area contributed by atoms with E-state index in [0.29, 0.717) is 25.9 Å². The van der Waals surface area contributed by atoms with Crippen LogP contribution >= 0.6 is 0 Å². The average molecular weight is 288 g/mol. The Hall–Kier alpha value is -0.620. The zero-order valence-corrected chi connectivity index (χ0v) is 12.2. The number of nitrogens with zero attached hydrogens (tertiary/aromatic N) is 1. The smallest absolute Gasteiger partial charge is 0.241 e. The van der Waals surface area contributed by atoms with Crippen molar-refractivity contribution >= 4 is 15.7 Å². The number of carbonyl (C=O) groups is 1. The lowest BCUT2D eigenvalue weighted by Crippen LogP contribution is -2.51. The lowest BCUT2D eigenvalue weighted by Gasteiger charge is -2.38. The van der Waals surface area contributed by atoms with Gasteiger partial charge in [-0.05, 0) is 45.1 Å². The molecule has 2 aliphatic heterocycles. The SMILES string of the molecule is NCCC1CCCCN1C(=O)C1CCCCS1(=O)=O. The number of likely N-dealkylation sites (tertiary alicyclic amines) is 1. The molecule has 0 aromatic carbocycles. The molecule has 0 aliphatic carbocycles. The van der Waals surface area contributed by atoms with E-state index in [1.165, 1.54) is 0 Å². The minimum atomic E-state index is -3.23. The molecule has 0 bridgehead atoms. The summed E-state index contributed by atoms with van der Waals surface area (Å²) in [6.45, 7) is 1.24. The highest BCUT2D eigenvalue weighted by atomic mass is 32.2. The fourth-order valence-electron chi connectivity index (χ4n) is 3.20. The summed E-state index contributed by atoms with van der Waals surface area (Å²) in [5, 5.41) is -0.792. The Morgan fingerprint density at radius 1 is 1.16 bits per heavy atom. The van der Waals surface area contributed by atoms with Gasteiger partial charge in [0.25, 0.3) is 0 Å². The van der Waals surface area contributed by atoms with Gasteiger partial charge in [-0.1, -0.05) is 6.42 Å². The van der Waals surface area contributed by atoms with Crippen LogP contribution in [0.5, 0.6) is 0 Å². The normalized spacial score (nSPS) is 31.1. The fraction of sp³-hybridized carbons (Fsp3) is 0.923. The van der Waals surface area contributed by atoms with Gasteiger partial charge in [-0.15, -0.1) is 0 Å². The minimum absolute atomic E-state index is 0.142. The van der Waals surface area contributed by atoms with Gasteiger partial charge < -0.3 is 10.6 Å². The first-order valence-electron chi connectivity index (χ1n) is 7.28. The van der Waals surface area contributed by atoms with E-state index >= 15 is 0 Å². The molecule has 110 valence electrons. The number of rotatable bonds is 3. The van der Waals surface area contributed by atoms with Gasteiger partial charge in [0.15, 0.2) is 9.84 Å². The van der Waals surface area contributed by atoms with Crippen LogP contribution in [0.1, 0.15) is 44.9 Å². The lowest BCUT2D eigenvalue weighted by atomic mass is 9.98. The standard InChI is InChI=1S/C13H24N2O3S/c14-8-7-11-5-1-3-9-15(11)13(16)12-6-2-4-10-19(12,17)18/h11-12H,1-10,14H2. The van der Waals surface area contributed by atoms with Crippen molar-refractivity contribution in [1.29, 1.82) is 0 Å². The number of carbonyl (C=O) groups excluding carboxylic acids is 1. The Balaban J connectivity index is 2.12. The quantitative estimate of drug-likeness (QED) is 0.828. The molecule has 2 unspecified atom stereocenters. The molecule has 2 saturated heterocycles. The van der Waals surface area contributed by atoms with Gasteiger partial charge in [0.05, 0.1) is 5.75 Å². The number of piperidine rings is 1. The predicted octanol–water partition coefficient (Wildman–Crippen LogP) is 0.684. The molecule has 19 heavy (non-hydrogen) atoms. The van der Waals surface area contributed by atoms with Crippen molar-refractivity contribution in [2.45, 2.75) is 56.2 Å². The molecule has 2 N–H and O–H groups in total. The molecule has 2 aliphatic rings. The van der Waals surface area contributed by atoms with Crippen molar-refractivity contribution in [2.24, 2.45) is 5.73 Å². The molecule has 0 radical (unpaired) electrons. The number of sulfone groups is 1. The highest BCUT2D eigenvalue weighted by molar-refractivity contribution is 7.92. The van der Waals surface area contributed by atoms with E-state index in [1.807, 2.05) is 0 Å². The van der Waals surface area contributed by atoms with Gasteiger partial charge in [-0.2, -0.15) is 0 Å². The third kappa shape index (κ3) is 3.28. The highest BCUT2D eigenvalue weighted by Crippen LogP contribution is 2.26. The molecule has 1 amide bonds. The second-order valence-corrected chi connectivity index (χ2v) is 7.91. The van der Waals surface area contributed by atoms with E-state index in [2.05, 4.69) is 0 Å². The number of nitrogens with two attached hydrogens (primary N) is 1. The van der Waals surface area contributed by atoms with Crippen LogP contribution in [-0.2, 0) is 14.6 Å². The van der Waals surface area contributed by atoms with Gasteiger partial charge >= 0.3 is 0 Å². The number of hydrogen-bond acceptors (Lipinski definition) is 4. The zero-order valence-electron chi connectivity index (χ0n) is 11.4. The fourth-order valence-corrected chi connectivity index (χ4v) is 5.06. The Bertz CT molecular complexity index is 420. The van der Waals surface area contributed by atoms with Crippen molar-refractivity contribution in [2.75, 3.05) is 18.8 Å². The van der Waals surface area contributed by atoms with E-state index < -0.39 is 15.1 Å². The average Bonchev–Trinajstić information content (AvgIpc) is 2.38.